The van der Waals surface area contributed by atoms with Crippen molar-refractivity contribution in [1.82, 2.24) is 5.32 Å². The van der Waals surface area contributed by atoms with E-state index in [1.54, 1.807) is 18.2 Å². The van der Waals surface area contributed by atoms with Gasteiger partial charge in [-0.05, 0) is 47.3 Å². The van der Waals surface area contributed by atoms with Gasteiger partial charge in [0.05, 0.1) is 6.04 Å². The molecule has 5 heteroatoms. The van der Waals surface area contributed by atoms with Crippen LogP contribution >= 0.6 is 11.3 Å². The lowest BCUT2D eigenvalue weighted by molar-refractivity contribution is 0.0943. The van der Waals surface area contributed by atoms with Gasteiger partial charge in [-0.2, -0.15) is 0 Å². The molecule has 0 bridgehead atoms. The summed E-state index contributed by atoms with van der Waals surface area (Å²) in [4.78, 5) is 13.3. The van der Waals surface area contributed by atoms with Crippen molar-refractivity contribution in [3.05, 3.63) is 93.7 Å². The molecule has 23 heavy (non-hydrogen) atoms. The number of carbonyl (C=O) groups is 1. The molecule has 1 amide bonds. The van der Waals surface area contributed by atoms with E-state index in [0.29, 0.717) is 0 Å². The second-order valence-electron chi connectivity index (χ2n) is 4.98. The molecule has 0 saturated heterocycles. The molecule has 1 heterocycles. The maximum absolute atomic E-state index is 13.3. The fourth-order valence-electron chi connectivity index (χ4n) is 2.27. The molecule has 116 valence electrons. The van der Waals surface area contributed by atoms with Crippen molar-refractivity contribution in [2.24, 2.45) is 0 Å². The fraction of sp³-hybridized carbons (Fsp3) is 0.0556. The van der Waals surface area contributed by atoms with Crippen LogP contribution in [0.2, 0.25) is 0 Å². The number of hydrogen-bond acceptors (Lipinski definition) is 2. The van der Waals surface area contributed by atoms with E-state index in [1.807, 2.05) is 17.5 Å². The number of benzene rings is 2. The van der Waals surface area contributed by atoms with Crippen LogP contribution in [0, 0.1) is 11.6 Å². The van der Waals surface area contributed by atoms with Crippen molar-refractivity contribution in [1.29, 1.82) is 0 Å². The highest BCUT2D eigenvalue weighted by molar-refractivity contribution is 7.10. The van der Waals surface area contributed by atoms with E-state index in [4.69, 9.17) is 0 Å². The zero-order valence-electron chi connectivity index (χ0n) is 12.0. The van der Waals surface area contributed by atoms with Crippen LogP contribution in [0.25, 0.3) is 0 Å². The van der Waals surface area contributed by atoms with Gasteiger partial charge in [0.25, 0.3) is 5.91 Å². The molecule has 0 aliphatic carbocycles. The average molecular weight is 329 g/mol. The Balaban J connectivity index is 1.90. The van der Waals surface area contributed by atoms with Gasteiger partial charge in [0.1, 0.15) is 11.6 Å². The first kappa shape index (κ1) is 15.4. The van der Waals surface area contributed by atoms with Crippen molar-refractivity contribution in [3.8, 4) is 0 Å². The molecule has 2 nitrogen and oxygen atoms in total. The van der Waals surface area contributed by atoms with Crippen LogP contribution < -0.4 is 5.32 Å². The van der Waals surface area contributed by atoms with Gasteiger partial charge < -0.3 is 5.32 Å². The van der Waals surface area contributed by atoms with Crippen molar-refractivity contribution < 1.29 is 13.6 Å². The van der Waals surface area contributed by atoms with Crippen molar-refractivity contribution >= 4 is 17.2 Å². The molecule has 0 spiro atoms. The van der Waals surface area contributed by atoms with Gasteiger partial charge in [0, 0.05) is 10.4 Å². The number of halogens is 2. The van der Waals surface area contributed by atoms with Crippen LogP contribution in [-0.2, 0) is 0 Å². The number of carbonyl (C=O) groups excluding carboxylic acids is 1. The van der Waals surface area contributed by atoms with Gasteiger partial charge >= 0.3 is 0 Å². The lowest BCUT2D eigenvalue weighted by Crippen LogP contribution is -2.28. The van der Waals surface area contributed by atoms with Gasteiger partial charge in [-0.1, -0.05) is 24.3 Å². The second-order valence-corrected chi connectivity index (χ2v) is 5.96. The monoisotopic (exact) mass is 329 g/mol. The Labute approximate surface area is 136 Å². The highest BCUT2D eigenvalue weighted by Crippen LogP contribution is 2.26. The van der Waals surface area contributed by atoms with E-state index in [0.717, 1.165) is 10.4 Å². The minimum atomic E-state index is -0.466. The van der Waals surface area contributed by atoms with Gasteiger partial charge in [0.15, 0.2) is 0 Å². The first-order valence-corrected chi connectivity index (χ1v) is 7.87. The summed E-state index contributed by atoms with van der Waals surface area (Å²) in [6.07, 6.45) is 0. The first-order chi connectivity index (χ1) is 11.1. The summed E-state index contributed by atoms with van der Waals surface area (Å²) in [5.41, 5.74) is 1.01. The summed E-state index contributed by atoms with van der Waals surface area (Å²) in [6, 6.07) is 14.8. The number of amides is 1. The normalized spacial score (nSPS) is 11.9. The smallest absolute Gasteiger partial charge is 0.252 e. The topological polar surface area (TPSA) is 29.1 Å². The second kappa shape index (κ2) is 6.71. The highest BCUT2D eigenvalue weighted by atomic mass is 32.1. The third-order valence-corrected chi connectivity index (χ3v) is 4.33. The van der Waals surface area contributed by atoms with Crippen LogP contribution in [-0.4, -0.2) is 5.91 Å². The molecular formula is C18H13F2NOS. The van der Waals surface area contributed by atoms with E-state index >= 15 is 0 Å². The summed E-state index contributed by atoms with van der Waals surface area (Å²) < 4.78 is 26.4. The van der Waals surface area contributed by atoms with Crippen molar-refractivity contribution in [2.45, 2.75) is 6.04 Å². The van der Waals surface area contributed by atoms with E-state index in [-0.39, 0.29) is 17.3 Å². The predicted octanol–water partition coefficient (Wildman–Crippen LogP) is 4.55. The Morgan fingerprint density at radius 3 is 2.39 bits per heavy atom. The standard InChI is InChI=1S/C18H13F2NOS/c19-14-8-6-12(7-9-14)17(16-5-2-10-23-16)21-18(22)13-3-1-4-15(20)11-13/h1-11,17H,(H,21,22). The van der Waals surface area contributed by atoms with Crippen LogP contribution in [0.3, 0.4) is 0 Å². The van der Waals surface area contributed by atoms with Gasteiger partial charge in [-0.25, -0.2) is 8.78 Å². The maximum atomic E-state index is 13.3. The minimum Gasteiger partial charge on any atom is -0.340 e. The molecule has 3 aromatic rings. The Kier molecular flexibility index (Phi) is 4.48. The Bertz CT molecular complexity index is 800. The van der Waals surface area contributed by atoms with E-state index < -0.39 is 11.9 Å². The number of rotatable bonds is 4. The molecule has 1 unspecified atom stereocenters. The van der Waals surface area contributed by atoms with Crippen molar-refractivity contribution in [3.63, 3.8) is 0 Å². The van der Waals surface area contributed by atoms with E-state index in [9.17, 15) is 13.6 Å². The average Bonchev–Trinajstić information content (AvgIpc) is 3.07. The summed E-state index contributed by atoms with van der Waals surface area (Å²) >= 11 is 1.49. The molecular weight excluding hydrogens is 316 g/mol. The fourth-order valence-corrected chi connectivity index (χ4v) is 3.08. The molecule has 2 aromatic carbocycles. The highest BCUT2D eigenvalue weighted by Gasteiger charge is 2.19. The molecule has 3 rings (SSSR count). The largest absolute Gasteiger partial charge is 0.340 e. The molecule has 0 radical (unpaired) electrons. The summed E-state index contributed by atoms with van der Waals surface area (Å²) in [5, 5.41) is 4.78. The molecule has 0 aliphatic rings. The summed E-state index contributed by atoms with van der Waals surface area (Å²) in [6.45, 7) is 0. The Hall–Kier alpha value is -2.53. The van der Waals surface area contributed by atoms with Crippen LogP contribution in [0.4, 0.5) is 8.78 Å². The molecule has 0 saturated carbocycles. The minimum absolute atomic E-state index is 0.244. The zero-order valence-corrected chi connectivity index (χ0v) is 12.8. The van der Waals surface area contributed by atoms with Crippen molar-refractivity contribution in [2.75, 3.05) is 0 Å². The number of hydrogen-bond donors (Lipinski definition) is 1. The van der Waals surface area contributed by atoms with Crippen LogP contribution in [0.5, 0.6) is 0 Å². The lowest BCUT2D eigenvalue weighted by atomic mass is 10.0. The van der Waals surface area contributed by atoms with Crippen LogP contribution in [0.15, 0.2) is 66.0 Å². The van der Waals surface area contributed by atoms with Gasteiger partial charge in [-0.15, -0.1) is 11.3 Å². The zero-order chi connectivity index (χ0) is 16.2. The molecule has 0 fully saturated rings. The summed E-state index contributed by atoms with van der Waals surface area (Å²) in [5.74, 6) is -1.19. The number of nitrogens with one attached hydrogen (secondary N) is 1. The quantitative estimate of drug-likeness (QED) is 0.748. The Morgan fingerprint density at radius 1 is 0.957 bits per heavy atom. The van der Waals surface area contributed by atoms with Gasteiger partial charge in [0.2, 0.25) is 0 Å². The van der Waals surface area contributed by atoms with Crippen LogP contribution in [0.1, 0.15) is 26.8 Å². The molecule has 1 N–H and O–H groups in total. The molecule has 1 aromatic heterocycles. The Morgan fingerprint density at radius 2 is 1.74 bits per heavy atom. The molecule has 1 atom stereocenters. The lowest BCUT2D eigenvalue weighted by Gasteiger charge is -2.18. The third kappa shape index (κ3) is 3.63. The molecule has 0 aliphatic heterocycles. The number of thiophene rings is 1. The first-order valence-electron chi connectivity index (χ1n) is 6.99. The van der Waals surface area contributed by atoms with Gasteiger partial charge in [-0.3, -0.25) is 4.79 Å². The van der Waals surface area contributed by atoms with E-state index in [1.165, 1.54) is 41.7 Å². The van der Waals surface area contributed by atoms with E-state index in [2.05, 4.69) is 5.32 Å². The maximum Gasteiger partial charge on any atom is 0.252 e. The predicted molar refractivity (Wildman–Crippen MR) is 86.4 cm³/mol. The SMILES string of the molecule is O=C(NC(c1ccc(F)cc1)c1cccs1)c1cccc(F)c1. The third-order valence-electron chi connectivity index (χ3n) is 3.39. The summed E-state index contributed by atoms with van der Waals surface area (Å²) in [7, 11) is 0.